The topological polar surface area (TPSA) is 66.9 Å². The number of hydrogen-bond donors (Lipinski definition) is 2. The summed E-state index contributed by atoms with van der Waals surface area (Å²) in [6, 6.07) is 8.29. The number of rotatable bonds is 6. The van der Waals surface area contributed by atoms with Crippen LogP contribution in [0.4, 0.5) is 0 Å². The molecule has 3 rings (SSSR count). The van der Waals surface area contributed by atoms with Crippen LogP contribution < -0.4 is 10.9 Å². The van der Waals surface area contributed by atoms with Gasteiger partial charge in [-0.3, -0.25) is 9.59 Å². The summed E-state index contributed by atoms with van der Waals surface area (Å²) in [5.41, 5.74) is 4.05. The molecule has 28 heavy (non-hydrogen) atoms. The van der Waals surface area contributed by atoms with Crippen molar-refractivity contribution in [3.8, 4) is 0 Å². The first-order chi connectivity index (χ1) is 13.3. The normalized spacial score (nSPS) is 11.4. The van der Waals surface area contributed by atoms with E-state index in [9.17, 15) is 9.59 Å². The molecule has 0 saturated heterocycles. The van der Waals surface area contributed by atoms with E-state index < -0.39 is 0 Å². The van der Waals surface area contributed by atoms with Gasteiger partial charge in [0, 0.05) is 44.6 Å². The van der Waals surface area contributed by atoms with Crippen LogP contribution in [0, 0.1) is 10.5 Å². The average molecular weight is 491 g/mol. The zero-order chi connectivity index (χ0) is 20.4. The number of carbonyl (C=O) groups is 1. The van der Waals surface area contributed by atoms with Crippen LogP contribution in [0.1, 0.15) is 60.4 Å². The fourth-order valence-corrected chi connectivity index (χ4v) is 4.21. The minimum Gasteiger partial charge on any atom is -0.348 e. The standard InChI is InChI=1S/C22H26IN3O2/c1-5-6-15-9-14(4)25-22(28)19(15)12-24-21(27)18-10-16(23)11-20-17(18)7-8-26(20)13(2)3/h7-11,13H,5-6,12H2,1-4H3,(H,24,27)(H,25,28). The average Bonchev–Trinajstić information content (AvgIpc) is 3.04. The molecule has 0 aliphatic rings. The Morgan fingerprint density at radius 1 is 1.29 bits per heavy atom. The number of fused-ring (bicyclic) bond motifs is 1. The molecule has 2 aromatic heterocycles. The summed E-state index contributed by atoms with van der Waals surface area (Å²) < 4.78 is 3.17. The molecule has 1 amide bonds. The maximum absolute atomic E-state index is 13.0. The Labute approximate surface area is 178 Å². The van der Waals surface area contributed by atoms with Crippen molar-refractivity contribution < 1.29 is 4.79 Å². The molecule has 0 unspecified atom stereocenters. The van der Waals surface area contributed by atoms with E-state index >= 15 is 0 Å². The first kappa shape index (κ1) is 20.6. The molecule has 2 heterocycles. The molecular formula is C22H26IN3O2. The molecule has 0 spiro atoms. The molecule has 0 bridgehead atoms. The monoisotopic (exact) mass is 491 g/mol. The minimum atomic E-state index is -0.160. The Balaban J connectivity index is 1.92. The molecule has 1 aromatic carbocycles. The number of pyridine rings is 1. The number of hydrogen-bond acceptors (Lipinski definition) is 2. The highest BCUT2D eigenvalue weighted by molar-refractivity contribution is 14.1. The van der Waals surface area contributed by atoms with E-state index in [1.54, 1.807) is 0 Å². The number of aromatic nitrogens is 2. The zero-order valence-electron chi connectivity index (χ0n) is 16.7. The summed E-state index contributed by atoms with van der Waals surface area (Å²) in [7, 11) is 0. The van der Waals surface area contributed by atoms with Crippen LogP contribution in [0.3, 0.4) is 0 Å². The highest BCUT2D eigenvalue weighted by Gasteiger charge is 2.16. The Bertz CT molecular complexity index is 1080. The Kier molecular flexibility index (Phi) is 6.27. The second kappa shape index (κ2) is 8.51. The fraction of sp³-hybridized carbons (Fsp3) is 0.364. The molecule has 0 fully saturated rings. The highest BCUT2D eigenvalue weighted by Crippen LogP contribution is 2.26. The van der Waals surface area contributed by atoms with Crippen molar-refractivity contribution in [1.82, 2.24) is 14.9 Å². The Hall–Kier alpha value is -2.09. The van der Waals surface area contributed by atoms with Crippen molar-refractivity contribution in [3.05, 3.63) is 66.8 Å². The van der Waals surface area contributed by atoms with Crippen LogP contribution in [0.25, 0.3) is 10.9 Å². The van der Waals surface area contributed by atoms with Gasteiger partial charge in [-0.1, -0.05) is 13.3 Å². The number of nitrogens with one attached hydrogen (secondary N) is 2. The summed E-state index contributed by atoms with van der Waals surface area (Å²) >= 11 is 2.24. The third-order valence-corrected chi connectivity index (χ3v) is 5.53. The van der Waals surface area contributed by atoms with E-state index in [-0.39, 0.29) is 18.0 Å². The molecule has 148 valence electrons. The molecule has 0 aliphatic heterocycles. The molecule has 0 radical (unpaired) electrons. The third-order valence-electron chi connectivity index (χ3n) is 4.91. The Morgan fingerprint density at radius 2 is 2.04 bits per heavy atom. The van der Waals surface area contributed by atoms with Crippen LogP contribution in [-0.4, -0.2) is 15.5 Å². The van der Waals surface area contributed by atoms with Gasteiger partial charge in [0.25, 0.3) is 11.5 Å². The van der Waals surface area contributed by atoms with Crippen molar-refractivity contribution in [2.45, 2.75) is 53.1 Å². The van der Waals surface area contributed by atoms with Gasteiger partial charge in [-0.15, -0.1) is 0 Å². The second-order valence-electron chi connectivity index (χ2n) is 7.42. The molecule has 2 N–H and O–H groups in total. The van der Waals surface area contributed by atoms with Crippen molar-refractivity contribution in [2.75, 3.05) is 0 Å². The summed E-state index contributed by atoms with van der Waals surface area (Å²) in [5, 5.41) is 3.89. The van der Waals surface area contributed by atoms with Crippen molar-refractivity contribution in [2.24, 2.45) is 0 Å². The van der Waals surface area contributed by atoms with Crippen molar-refractivity contribution in [1.29, 1.82) is 0 Å². The van der Waals surface area contributed by atoms with Crippen LogP contribution in [0.5, 0.6) is 0 Å². The summed E-state index contributed by atoms with van der Waals surface area (Å²) in [6.07, 6.45) is 3.79. The van der Waals surface area contributed by atoms with Crippen molar-refractivity contribution in [3.63, 3.8) is 0 Å². The van der Waals surface area contributed by atoms with Gasteiger partial charge in [-0.2, -0.15) is 0 Å². The van der Waals surface area contributed by atoms with Crippen LogP contribution in [-0.2, 0) is 13.0 Å². The van der Waals surface area contributed by atoms with Gasteiger partial charge in [0.15, 0.2) is 0 Å². The van der Waals surface area contributed by atoms with Gasteiger partial charge in [0.2, 0.25) is 0 Å². The molecule has 5 nitrogen and oxygen atoms in total. The van der Waals surface area contributed by atoms with Crippen LogP contribution in [0.2, 0.25) is 0 Å². The van der Waals surface area contributed by atoms with Gasteiger partial charge in [-0.25, -0.2) is 0 Å². The van der Waals surface area contributed by atoms with Gasteiger partial charge < -0.3 is 14.9 Å². The van der Waals surface area contributed by atoms with Gasteiger partial charge >= 0.3 is 0 Å². The molecule has 0 atom stereocenters. The number of amides is 1. The number of carbonyl (C=O) groups excluding carboxylic acids is 1. The number of benzene rings is 1. The quantitative estimate of drug-likeness (QED) is 0.491. The first-order valence-corrected chi connectivity index (χ1v) is 10.7. The number of nitrogens with zero attached hydrogens (tertiary/aromatic N) is 1. The Morgan fingerprint density at radius 3 is 2.71 bits per heavy atom. The number of aryl methyl sites for hydroxylation is 2. The first-order valence-electron chi connectivity index (χ1n) is 9.61. The van der Waals surface area contributed by atoms with Gasteiger partial charge in [-0.05, 0) is 79.6 Å². The summed E-state index contributed by atoms with van der Waals surface area (Å²) in [6.45, 7) is 8.43. The van der Waals surface area contributed by atoms with E-state index in [0.29, 0.717) is 17.2 Å². The van der Waals surface area contributed by atoms with Crippen LogP contribution in [0.15, 0.2) is 35.3 Å². The number of aromatic amines is 1. The third kappa shape index (κ3) is 4.16. The minimum absolute atomic E-state index is 0.123. The maximum atomic E-state index is 13.0. The van der Waals surface area contributed by atoms with E-state index in [2.05, 4.69) is 64.3 Å². The van der Waals surface area contributed by atoms with Gasteiger partial charge in [0.1, 0.15) is 0 Å². The van der Waals surface area contributed by atoms with E-state index in [1.165, 1.54) is 0 Å². The fourth-order valence-electron chi connectivity index (χ4n) is 3.60. The molecule has 0 aliphatic carbocycles. The molecule has 3 aromatic rings. The lowest BCUT2D eigenvalue weighted by Gasteiger charge is -2.13. The molecule has 6 heteroatoms. The summed E-state index contributed by atoms with van der Waals surface area (Å²) in [4.78, 5) is 28.2. The number of halogens is 1. The second-order valence-corrected chi connectivity index (χ2v) is 8.67. The smallest absolute Gasteiger partial charge is 0.253 e. The predicted octanol–water partition coefficient (Wildman–Crippen LogP) is 4.71. The lowest BCUT2D eigenvalue weighted by Crippen LogP contribution is -2.28. The predicted molar refractivity (Wildman–Crippen MR) is 122 cm³/mol. The van der Waals surface area contributed by atoms with E-state index in [0.717, 1.165) is 38.6 Å². The summed E-state index contributed by atoms with van der Waals surface area (Å²) in [5.74, 6) is -0.160. The van der Waals surface area contributed by atoms with E-state index in [1.807, 2.05) is 31.3 Å². The van der Waals surface area contributed by atoms with Crippen molar-refractivity contribution >= 4 is 39.4 Å². The highest BCUT2D eigenvalue weighted by atomic mass is 127. The lowest BCUT2D eigenvalue weighted by molar-refractivity contribution is 0.0952. The van der Waals surface area contributed by atoms with E-state index in [4.69, 9.17) is 0 Å². The molecule has 0 saturated carbocycles. The zero-order valence-corrected chi connectivity index (χ0v) is 18.9. The maximum Gasteiger partial charge on any atom is 0.253 e. The lowest BCUT2D eigenvalue weighted by atomic mass is 10.0. The molecular weight excluding hydrogens is 465 g/mol. The largest absolute Gasteiger partial charge is 0.348 e. The van der Waals surface area contributed by atoms with Gasteiger partial charge in [0.05, 0.1) is 5.52 Å². The number of H-pyrrole nitrogens is 1. The SMILES string of the molecule is CCCc1cc(C)[nH]c(=O)c1CNC(=O)c1cc(I)cc2c1ccn2C(C)C. The van der Waals surface area contributed by atoms with Crippen LogP contribution >= 0.6 is 22.6 Å².